The summed E-state index contributed by atoms with van der Waals surface area (Å²) >= 11 is 0. The lowest BCUT2D eigenvalue weighted by atomic mass is 9.97. The monoisotopic (exact) mass is 296 g/mol. The number of nitrogens with zero attached hydrogens (tertiary/aromatic N) is 2. The number of ether oxygens (including phenoxy) is 2. The van der Waals surface area contributed by atoms with Gasteiger partial charge >= 0.3 is 12.0 Å². The van der Waals surface area contributed by atoms with E-state index in [1.165, 1.54) is 0 Å². The summed E-state index contributed by atoms with van der Waals surface area (Å²) in [5, 5.41) is 0. The van der Waals surface area contributed by atoms with E-state index in [-0.39, 0.29) is 24.0 Å². The number of esters is 1. The fourth-order valence-corrected chi connectivity index (χ4v) is 3.28. The molecule has 21 heavy (non-hydrogen) atoms. The standard InChI is InChI=1S/C15H24N2O4/c18-14(21-13-5-10-20-11-13)12-3-8-17(9-4-12)15(19)16-6-1-2-7-16/h12-13H,1-11H2/t13-/m0/s1. The van der Waals surface area contributed by atoms with E-state index in [4.69, 9.17) is 9.47 Å². The molecular weight excluding hydrogens is 272 g/mol. The molecule has 118 valence electrons. The number of carbonyl (C=O) groups is 2. The number of carbonyl (C=O) groups excluding carboxylic acids is 2. The first kappa shape index (κ1) is 14.6. The Balaban J connectivity index is 1.43. The Hall–Kier alpha value is -1.30. The number of amides is 2. The average Bonchev–Trinajstić information content (AvgIpc) is 3.20. The van der Waals surface area contributed by atoms with Gasteiger partial charge in [-0.2, -0.15) is 0 Å². The summed E-state index contributed by atoms with van der Waals surface area (Å²) in [6, 6.07) is 0.142. The molecule has 0 saturated carbocycles. The fourth-order valence-electron chi connectivity index (χ4n) is 3.28. The summed E-state index contributed by atoms with van der Waals surface area (Å²) in [5.41, 5.74) is 0. The number of likely N-dealkylation sites (tertiary alicyclic amines) is 2. The number of rotatable bonds is 2. The van der Waals surface area contributed by atoms with Gasteiger partial charge in [0, 0.05) is 32.6 Å². The van der Waals surface area contributed by atoms with Gasteiger partial charge in [0.05, 0.1) is 19.1 Å². The maximum Gasteiger partial charge on any atom is 0.319 e. The lowest BCUT2D eigenvalue weighted by Gasteiger charge is -2.33. The molecule has 0 aromatic rings. The maximum absolute atomic E-state index is 12.3. The van der Waals surface area contributed by atoms with E-state index in [9.17, 15) is 9.59 Å². The number of piperidine rings is 1. The van der Waals surface area contributed by atoms with Crippen molar-refractivity contribution in [1.29, 1.82) is 0 Å². The summed E-state index contributed by atoms with van der Waals surface area (Å²) in [4.78, 5) is 28.2. The van der Waals surface area contributed by atoms with Crippen LogP contribution in [-0.2, 0) is 14.3 Å². The molecule has 0 aromatic heterocycles. The predicted octanol–water partition coefficient (Wildman–Crippen LogP) is 1.25. The maximum atomic E-state index is 12.3. The molecule has 0 aromatic carbocycles. The van der Waals surface area contributed by atoms with Gasteiger partial charge in [-0.3, -0.25) is 4.79 Å². The Labute approximate surface area is 125 Å². The van der Waals surface area contributed by atoms with Crippen molar-refractivity contribution in [3.63, 3.8) is 0 Å². The number of hydrogen-bond acceptors (Lipinski definition) is 4. The molecule has 3 aliphatic rings. The Morgan fingerprint density at radius 2 is 1.62 bits per heavy atom. The van der Waals surface area contributed by atoms with E-state index >= 15 is 0 Å². The molecule has 0 unspecified atom stereocenters. The molecule has 3 aliphatic heterocycles. The summed E-state index contributed by atoms with van der Waals surface area (Å²) in [7, 11) is 0. The largest absolute Gasteiger partial charge is 0.460 e. The topological polar surface area (TPSA) is 59.1 Å². The smallest absolute Gasteiger partial charge is 0.319 e. The van der Waals surface area contributed by atoms with Crippen LogP contribution in [0.2, 0.25) is 0 Å². The Kier molecular flexibility index (Phi) is 4.63. The molecule has 0 spiro atoms. The lowest BCUT2D eigenvalue weighted by Crippen LogP contribution is -2.46. The Morgan fingerprint density at radius 1 is 0.952 bits per heavy atom. The summed E-state index contributed by atoms with van der Waals surface area (Å²) in [6.07, 6.45) is 4.38. The second kappa shape index (κ2) is 6.64. The van der Waals surface area contributed by atoms with Gasteiger partial charge in [0.1, 0.15) is 6.10 Å². The molecule has 3 heterocycles. The quantitative estimate of drug-likeness (QED) is 0.720. The molecule has 0 radical (unpaired) electrons. The van der Waals surface area contributed by atoms with Gasteiger partial charge in [-0.05, 0) is 25.7 Å². The third-order valence-electron chi connectivity index (χ3n) is 4.65. The van der Waals surface area contributed by atoms with E-state index in [1.807, 2.05) is 9.80 Å². The SMILES string of the molecule is O=C(O[C@H]1CCOC1)C1CCN(C(=O)N2CCCC2)CC1. The first-order valence-electron chi connectivity index (χ1n) is 8.06. The van der Waals surface area contributed by atoms with Crippen LogP contribution in [0.15, 0.2) is 0 Å². The van der Waals surface area contributed by atoms with Crippen LogP contribution in [0.4, 0.5) is 4.79 Å². The highest BCUT2D eigenvalue weighted by molar-refractivity contribution is 5.76. The van der Waals surface area contributed by atoms with Gasteiger partial charge in [0.25, 0.3) is 0 Å². The van der Waals surface area contributed by atoms with Crippen molar-refractivity contribution < 1.29 is 19.1 Å². The first-order chi connectivity index (χ1) is 10.2. The van der Waals surface area contributed by atoms with Gasteiger partial charge in [0.2, 0.25) is 0 Å². The van der Waals surface area contributed by atoms with Crippen molar-refractivity contribution in [2.24, 2.45) is 5.92 Å². The molecule has 6 nitrogen and oxygen atoms in total. The minimum Gasteiger partial charge on any atom is -0.460 e. The zero-order chi connectivity index (χ0) is 14.7. The predicted molar refractivity (Wildman–Crippen MR) is 75.8 cm³/mol. The molecule has 0 aliphatic carbocycles. The van der Waals surface area contributed by atoms with Gasteiger partial charge in [0.15, 0.2) is 0 Å². The third kappa shape index (κ3) is 3.48. The zero-order valence-corrected chi connectivity index (χ0v) is 12.5. The first-order valence-corrected chi connectivity index (χ1v) is 8.06. The van der Waals surface area contributed by atoms with Crippen LogP contribution in [0.1, 0.15) is 32.1 Å². The minimum absolute atomic E-state index is 0.0618. The van der Waals surface area contributed by atoms with Crippen LogP contribution < -0.4 is 0 Å². The van der Waals surface area contributed by atoms with Gasteiger partial charge < -0.3 is 19.3 Å². The van der Waals surface area contributed by atoms with Crippen LogP contribution >= 0.6 is 0 Å². The number of urea groups is 1. The van der Waals surface area contributed by atoms with Crippen molar-refractivity contribution >= 4 is 12.0 Å². The molecule has 3 fully saturated rings. The fraction of sp³-hybridized carbons (Fsp3) is 0.867. The Morgan fingerprint density at radius 3 is 2.24 bits per heavy atom. The summed E-state index contributed by atoms with van der Waals surface area (Å²) in [5.74, 6) is -0.174. The van der Waals surface area contributed by atoms with E-state index in [0.717, 1.165) is 32.4 Å². The highest BCUT2D eigenvalue weighted by Crippen LogP contribution is 2.22. The van der Waals surface area contributed by atoms with Gasteiger partial charge in [-0.15, -0.1) is 0 Å². The van der Waals surface area contributed by atoms with Crippen molar-refractivity contribution in [3.8, 4) is 0 Å². The van der Waals surface area contributed by atoms with Crippen molar-refractivity contribution in [3.05, 3.63) is 0 Å². The van der Waals surface area contributed by atoms with Crippen LogP contribution in [0, 0.1) is 5.92 Å². The lowest BCUT2D eigenvalue weighted by molar-refractivity contribution is -0.155. The minimum atomic E-state index is -0.112. The number of hydrogen-bond donors (Lipinski definition) is 0. The van der Waals surface area contributed by atoms with Crippen LogP contribution in [0.25, 0.3) is 0 Å². The van der Waals surface area contributed by atoms with E-state index < -0.39 is 0 Å². The molecule has 6 heteroatoms. The molecule has 3 saturated heterocycles. The van der Waals surface area contributed by atoms with Crippen LogP contribution in [0.5, 0.6) is 0 Å². The van der Waals surface area contributed by atoms with Crippen molar-refractivity contribution in [2.75, 3.05) is 39.4 Å². The van der Waals surface area contributed by atoms with Gasteiger partial charge in [-0.1, -0.05) is 0 Å². The molecule has 2 amide bonds. The summed E-state index contributed by atoms with van der Waals surface area (Å²) < 4.78 is 10.7. The van der Waals surface area contributed by atoms with Crippen molar-refractivity contribution in [1.82, 2.24) is 9.80 Å². The van der Waals surface area contributed by atoms with E-state index in [1.54, 1.807) is 0 Å². The van der Waals surface area contributed by atoms with Crippen molar-refractivity contribution in [2.45, 2.75) is 38.2 Å². The molecular formula is C15H24N2O4. The second-order valence-electron chi connectivity index (χ2n) is 6.16. The van der Waals surface area contributed by atoms with Crippen LogP contribution in [-0.4, -0.2) is 67.3 Å². The molecule has 0 N–H and O–H groups in total. The zero-order valence-electron chi connectivity index (χ0n) is 12.5. The van der Waals surface area contributed by atoms with Crippen LogP contribution in [0.3, 0.4) is 0 Å². The van der Waals surface area contributed by atoms with Gasteiger partial charge in [-0.25, -0.2) is 4.79 Å². The average molecular weight is 296 g/mol. The highest BCUT2D eigenvalue weighted by Gasteiger charge is 2.32. The molecule has 1 atom stereocenters. The Bertz CT molecular complexity index is 381. The molecule has 0 bridgehead atoms. The highest BCUT2D eigenvalue weighted by atomic mass is 16.6. The third-order valence-corrected chi connectivity index (χ3v) is 4.65. The van der Waals surface area contributed by atoms with E-state index in [0.29, 0.717) is 39.1 Å². The summed E-state index contributed by atoms with van der Waals surface area (Å²) in [6.45, 7) is 4.29. The normalized spacial score (nSPS) is 27.1. The molecule has 3 rings (SSSR count). The second-order valence-corrected chi connectivity index (χ2v) is 6.16. The van der Waals surface area contributed by atoms with E-state index in [2.05, 4.69) is 0 Å².